The van der Waals surface area contributed by atoms with Crippen LogP contribution in [0, 0.1) is 0 Å². The van der Waals surface area contributed by atoms with Crippen molar-refractivity contribution >= 4 is 22.1 Å². The number of carbonyl (C=O) groups excluding carboxylic acids is 2. The summed E-state index contributed by atoms with van der Waals surface area (Å²) >= 11 is 0. The van der Waals surface area contributed by atoms with E-state index in [4.69, 9.17) is 19.4 Å². The number of benzene rings is 2. The van der Waals surface area contributed by atoms with Gasteiger partial charge in [0.05, 0.1) is 6.10 Å². The lowest BCUT2D eigenvalue weighted by Crippen LogP contribution is -2.45. The zero-order valence-electron chi connectivity index (χ0n) is 18.8. The molecular weight excluding hydrogens is 434 g/mol. The fraction of sp³-hybridized carbons (Fsp3) is 0.391. The number of ether oxygens (including phenoxy) is 2. The lowest BCUT2D eigenvalue weighted by molar-refractivity contribution is -0.162. The summed E-state index contributed by atoms with van der Waals surface area (Å²) in [5.41, 5.74) is 5.56. The summed E-state index contributed by atoms with van der Waals surface area (Å²) in [6, 6.07) is 12.1. The Bertz CT molecular complexity index is 1040. The third kappa shape index (κ3) is 7.06. The molecule has 0 heterocycles. The van der Waals surface area contributed by atoms with E-state index in [0.717, 1.165) is 0 Å². The number of nitrogens with two attached hydrogens (primary N) is 1. The lowest BCUT2D eigenvalue weighted by Gasteiger charge is -2.27. The Kier molecular flexibility index (Phi) is 8.03. The predicted octanol–water partition coefficient (Wildman–Crippen LogP) is 3.16. The fourth-order valence-electron chi connectivity index (χ4n) is 2.82. The minimum absolute atomic E-state index is 0.0216. The Labute approximate surface area is 188 Å². The third-order valence-electron chi connectivity index (χ3n) is 4.10. The van der Waals surface area contributed by atoms with Crippen LogP contribution in [-0.2, 0) is 29.2 Å². The molecule has 9 heteroatoms. The van der Waals surface area contributed by atoms with E-state index >= 15 is 0 Å². The van der Waals surface area contributed by atoms with Gasteiger partial charge in [0.2, 0.25) is 0 Å². The van der Waals surface area contributed by atoms with E-state index in [9.17, 15) is 18.0 Å². The highest BCUT2D eigenvalue weighted by Gasteiger charge is 2.37. The van der Waals surface area contributed by atoms with Crippen molar-refractivity contribution in [3.8, 4) is 5.75 Å². The van der Waals surface area contributed by atoms with E-state index in [0.29, 0.717) is 0 Å². The van der Waals surface area contributed by atoms with Gasteiger partial charge >= 0.3 is 22.1 Å². The molecule has 0 aromatic heterocycles. The average molecular weight is 464 g/mol. The van der Waals surface area contributed by atoms with Gasteiger partial charge in [-0.2, -0.15) is 8.42 Å². The summed E-state index contributed by atoms with van der Waals surface area (Å²) in [6.07, 6.45) is -0.450. The molecule has 2 N–H and O–H groups in total. The first-order chi connectivity index (χ1) is 14.8. The molecule has 2 atom stereocenters. The van der Waals surface area contributed by atoms with E-state index in [1.165, 1.54) is 30.3 Å². The summed E-state index contributed by atoms with van der Waals surface area (Å²) in [5.74, 6) is -2.78. The quantitative estimate of drug-likeness (QED) is 0.468. The van der Waals surface area contributed by atoms with E-state index in [1.807, 2.05) is 0 Å². The molecule has 0 saturated carbocycles. The van der Waals surface area contributed by atoms with Crippen LogP contribution in [0.5, 0.6) is 5.75 Å². The van der Waals surface area contributed by atoms with Crippen LogP contribution in [0.15, 0.2) is 59.5 Å². The summed E-state index contributed by atoms with van der Waals surface area (Å²) in [7, 11) is -4.09. The van der Waals surface area contributed by atoms with Crippen LogP contribution in [0.3, 0.4) is 0 Å². The second-order valence-corrected chi connectivity index (χ2v) is 9.99. The molecule has 0 bridgehead atoms. The molecule has 0 aliphatic rings. The molecule has 0 aliphatic carbocycles. The van der Waals surface area contributed by atoms with Crippen molar-refractivity contribution in [2.45, 2.75) is 63.2 Å². The number of carbonyl (C=O) groups is 2. The predicted molar refractivity (Wildman–Crippen MR) is 118 cm³/mol. The molecule has 174 valence electrons. The van der Waals surface area contributed by atoms with Gasteiger partial charge in [0.15, 0.2) is 0 Å². The Balaban J connectivity index is 2.39. The normalized spacial score (nSPS) is 13.8. The second-order valence-electron chi connectivity index (χ2n) is 8.45. The molecular formula is C23H29NO7S. The van der Waals surface area contributed by atoms with E-state index in [1.54, 1.807) is 58.9 Å². The Morgan fingerprint density at radius 3 is 2.12 bits per heavy atom. The smallest absolute Gasteiger partial charge is 0.339 e. The molecule has 0 saturated heterocycles. The van der Waals surface area contributed by atoms with Crippen LogP contribution in [0.25, 0.3) is 0 Å². The molecule has 2 aromatic rings. The Morgan fingerprint density at radius 1 is 0.938 bits per heavy atom. The fourth-order valence-corrected chi connectivity index (χ4v) is 3.77. The molecule has 2 aromatic carbocycles. The molecule has 0 spiro atoms. The topological polar surface area (TPSA) is 122 Å². The van der Waals surface area contributed by atoms with Gasteiger partial charge < -0.3 is 19.4 Å². The average Bonchev–Trinajstić information content (AvgIpc) is 2.67. The maximum atomic E-state index is 12.8. The molecule has 0 amide bonds. The summed E-state index contributed by atoms with van der Waals surface area (Å²) in [5, 5.41) is 0. The highest BCUT2D eigenvalue weighted by atomic mass is 32.2. The van der Waals surface area contributed by atoms with Crippen LogP contribution < -0.4 is 9.92 Å². The highest BCUT2D eigenvalue weighted by Crippen LogP contribution is 2.28. The van der Waals surface area contributed by atoms with Gasteiger partial charge in [-0.25, -0.2) is 0 Å². The molecule has 2 rings (SSSR count). The monoisotopic (exact) mass is 463 g/mol. The standard InChI is InChI=1S/C23H29NO7S/c1-15(2)29-21(25)19(20(24)22(26)30-23(3,4)5)16-10-9-11-17(14-16)31-32(27,28)18-12-7-6-8-13-18/h6-15,19-20H,24H2,1-5H3. The minimum Gasteiger partial charge on any atom is -0.462 e. The number of hydrogen-bond acceptors (Lipinski definition) is 8. The van der Waals surface area contributed by atoms with E-state index in [2.05, 4.69) is 0 Å². The first-order valence-electron chi connectivity index (χ1n) is 10.1. The van der Waals surface area contributed by atoms with Crippen molar-refractivity contribution in [2.75, 3.05) is 0 Å². The first-order valence-corrected chi connectivity index (χ1v) is 11.5. The van der Waals surface area contributed by atoms with Crippen molar-refractivity contribution in [1.29, 1.82) is 0 Å². The van der Waals surface area contributed by atoms with Gasteiger partial charge in [-0.05, 0) is 64.4 Å². The second kappa shape index (κ2) is 10.1. The molecule has 32 heavy (non-hydrogen) atoms. The van der Waals surface area contributed by atoms with Gasteiger partial charge in [-0.15, -0.1) is 0 Å². The first kappa shape index (κ1) is 25.4. The van der Waals surface area contributed by atoms with Crippen molar-refractivity contribution < 1.29 is 31.7 Å². The SMILES string of the molecule is CC(C)OC(=O)C(c1cccc(OS(=O)(=O)c2ccccc2)c1)C(N)C(=O)OC(C)(C)C. The minimum atomic E-state index is -4.09. The molecule has 0 fully saturated rings. The van der Waals surface area contributed by atoms with Crippen LogP contribution in [0.2, 0.25) is 0 Å². The van der Waals surface area contributed by atoms with Crippen LogP contribution >= 0.6 is 0 Å². The van der Waals surface area contributed by atoms with E-state index in [-0.39, 0.29) is 16.2 Å². The van der Waals surface area contributed by atoms with Crippen LogP contribution in [-0.4, -0.2) is 38.1 Å². The zero-order chi connectivity index (χ0) is 24.1. The number of esters is 2. The van der Waals surface area contributed by atoms with Crippen molar-refractivity contribution in [3.05, 3.63) is 60.2 Å². The van der Waals surface area contributed by atoms with Crippen molar-refractivity contribution in [1.82, 2.24) is 0 Å². The third-order valence-corrected chi connectivity index (χ3v) is 5.36. The molecule has 0 radical (unpaired) electrons. The van der Waals surface area contributed by atoms with Gasteiger partial charge in [-0.3, -0.25) is 9.59 Å². The summed E-state index contributed by atoms with van der Waals surface area (Å²) in [4.78, 5) is 25.4. The van der Waals surface area contributed by atoms with Gasteiger partial charge in [0, 0.05) is 0 Å². The maximum absolute atomic E-state index is 12.8. The summed E-state index contributed by atoms with van der Waals surface area (Å²) in [6.45, 7) is 8.38. The molecule has 0 aliphatic heterocycles. The number of hydrogen-bond donors (Lipinski definition) is 1. The maximum Gasteiger partial charge on any atom is 0.339 e. The largest absolute Gasteiger partial charge is 0.462 e. The number of rotatable bonds is 8. The van der Waals surface area contributed by atoms with Gasteiger partial charge in [-0.1, -0.05) is 30.3 Å². The molecule has 8 nitrogen and oxygen atoms in total. The highest BCUT2D eigenvalue weighted by molar-refractivity contribution is 7.87. The Morgan fingerprint density at radius 2 is 1.56 bits per heavy atom. The van der Waals surface area contributed by atoms with Crippen molar-refractivity contribution in [3.63, 3.8) is 0 Å². The van der Waals surface area contributed by atoms with Crippen LogP contribution in [0.4, 0.5) is 0 Å². The lowest BCUT2D eigenvalue weighted by atomic mass is 9.91. The van der Waals surface area contributed by atoms with Gasteiger partial charge in [0.1, 0.15) is 28.2 Å². The summed E-state index contributed by atoms with van der Waals surface area (Å²) < 4.78 is 40.9. The molecule has 2 unspecified atom stereocenters. The Hall–Kier alpha value is -2.91. The van der Waals surface area contributed by atoms with Crippen LogP contribution in [0.1, 0.15) is 46.1 Å². The van der Waals surface area contributed by atoms with E-state index < -0.39 is 45.7 Å². The zero-order valence-corrected chi connectivity index (χ0v) is 19.6. The van der Waals surface area contributed by atoms with Gasteiger partial charge in [0.25, 0.3) is 0 Å². The van der Waals surface area contributed by atoms with Crippen molar-refractivity contribution in [2.24, 2.45) is 5.73 Å².